The molecule has 0 saturated carbocycles. The summed E-state index contributed by atoms with van der Waals surface area (Å²) in [6.45, 7) is 5.72. The van der Waals surface area contributed by atoms with Gasteiger partial charge in [-0.3, -0.25) is 4.98 Å². The number of fused-ring (bicyclic) bond motifs is 2. The van der Waals surface area contributed by atoms with Gasteiger partial charge in [-0.2, -0.15) is 0 Å². The van der Waals surface area contributed by atoms with Crippen LogP contribution < -0.4 is 9.62 Å². The van der Waals surface area contributed by atoms with Crippen molar-refractivity contribution in [2.75, 3.05) is 18.5 Å². The maximum Gasteiger partial charge on any atom is 0.240 e. The highest BCUT2D eigenvalue weighted by atomic mass is 32.2. The number of hydrogen-bond acceptors (Lipinski definition) is 4. The second-order valence-corrected chi connectivity index (χ2v) is 9.02. The van der Waals surface area contributed by atoms with Crippen LogP contribution in [0.5, 0.6) is 0 Å². The van der Waals surface area contributed by atoms with Crippen molar-refractivity contribution < 1.29 is 8.42 Å². The number of aromatic nitrogens is 1. The first-order chi connectivity index (χ1) is 13.5. The molecule has 28 heavy (non-hydrogen) atoms. The van der Waals surface area contributed by atoms with Gasteiger partial charge in [0.05, 0.1) is 16.1 Å². The van der Waals surface area contributed by atoms with E-state index < -0.39 is 10.0 Å². The summed E-state index contributed by atoms with van der Waals surface area (Å²) in [5, 5.41) is 1.16. The summed E-state index contributed by atoms with van der Waals surface area (Å²) >= 11 is 0. The molecule has 1 aromatic heterocycles. The van der Waals surface area contributed by atoms with Crippen LogP contribution in [-0.4, -0.2) is 27.0 Å². The number of sulfonamides is 1. The maximum absolute atomic E-state index is 12.4. The van der Waals surface area contributed by atoms with Crippen molar-refractivity contribution in [3.05, 3.63) is 64.8 Å². The van der Waals surface area contributed by atoms with Crippen LogP contribution in [0.3, 0.4) is 0 Å². The van der Waals surface area contributed by atoms with Gasteiger partial charge in [0.2, 0.25) is 10.0 Å². The normalized spacial score (nSPS) is 14.3. The van der Waals surface area contributed by atoms with Gasteiger partial charge >= 0.3 is 0 Å². The molecule has 0 bridgehead atoms. The topological polar surface area (TPSA) is 62.3 Å². The molecule has 146 valence electrons. The Morgan fingerprint density at radius 2 is 1.93 bits per heavy atom. The summed E-state index contributed by atoms with van der Waals surface area (Å²) in [4.78, 5) is 7.57. The second kappa shape index (κ2) is 7.18. The Labute approximate surface area is 166 Å². The van der Waals surface area contributed by atoms with Gasteiger partial charge in [-0.15, -0.1) is 0 Å². The smallest absolute Gasteiger partial charge is 0.240 e. The highest BCUT2D eigenvalue weighted by Crippen LogP contribution is 2.36. The Hall–Kier alpha value is -2.44. The largest absolute Gasteiger partial charge is 0.366 e. The van der Waals surface area contributed by atoms with Crippen LogP contribution in [0.25, 0.3) is 10.9 Å². The standard InChI is InChI=1S/C22H25N3O2S/c1-4-17-15(2)24-20-10-6-5-9-19(20)22(17)25-13-12-18-16(14-25)8-7-11-21(18)28(26,27)23-3/h5-11,23H,4,12-14H2,1-3H3. The lowest BCUT2D eigenvalue weighted by molar-refractivity contribution is 0.585. The van der Waals surface area contributed by atoms with Gasteiger partial charge < -0.3 is 4.90 Å². The number of rotatable bonds is 4. The van der Waals surface area contributed by atoms with Crippen LogP contribution in [0.1, 0.15) is 29.3 Å². The van der Waals surface area contributed by atoms with Crippen molar-refractivity contribution in [3.8, 4) is 0 Å². The summed E-state index contributed by atoms with van der Waals surface area (Å²) in [5.41, 5.74) is 6.57. The first-order valence-electron chi connectivity index (χ1n) is 9.63. The van der Waals surface area contributed by atoms with Gasteiger partial charge in [0, 0.05) is 24.2 Å². The van der Waals surface area contributed by atoms with Crippen molar-refractivity contribution in [1.29, 1.82) is 0 Å². The quantitative estimate of drug-likeness (QED) is 0.734. The average Bonchev–Trinajstić information content (AvgIpc) is 2.71. The molecule has 1 N–H and O–H groups in total. The van der Waals surface area contributed by atoms with Crippen LogP contribution >= 0.6 is 0 Å². The first kappa shape index (κ1) is 18.9. The van der Waals surface area contributed by atoms with Crippen molar-refractivity contribution >= 4 is 26.6 Å². The minimum atomic E-state index is -3.45. The molecule has 0 spiro atoms. The number of nitrogens with one attached hydrogen (secondary N) is 1. The third-order valence-electron chi connectivity index (χ3n) is 5.62. The molecule has 6 heteroatoms. The van der Waals surface area contributed by atoms with E-state index in [2.05, 4.69) is 41.7 Å². The van der Waals surface area contributed by atoms with E-state index in [1.165, 1.54) is 18.3 Å². The second-order valence-electron chi connectivity index (χ2n) is 7.17. The van der Waals surface area contributed by atoms with E-state index in [0.717, 1.165) is 40.7 Å². The predicted molar refractivity (Wildman–Crippen MR) is 113 cm³/mol. The fourth-order valence-electron chi connectivity index (χ4n) is 4.26. The van der Waals surface area contributed by atoms with Gasteiger partial charge in [-0.05, 0) is 55.6 Å². The lowest BCUT2D eigenvalue weighted by Crippen LogP contribution is -2.33. The number of hydrogen-bond donors (Lipinski definition) is 1. The van der Waals surface area contributed by atoms with E-state index in [0.29, 0.717) is 17.9 Å². The zero-order valence-corrected chi connectivity index (χ0v) is 17.3. The number of pyridine rings is 1. The molecule has 3 aromatic rings. The molecule has 2 heterocycles. The van der Waals surface area contributed by atoms with E-state index in [1.807, 2.05) is 18.2 Å². The minimum absolute atomic E-state index is 0.402. The van der Waals surface area contributed by atoms with E-state index in [4.69, 9.17) is 4.98 Å². The zero-order valence-electron chi connectivity index (χ0n) is 16.5. The Balaban J connectivity index is 1.84. The summed E-state index contributed by atoms with van der Waals surface area (Å²) in [6, 6.07) is 13.8. The molecular formula is C22H25N3O2S. The Kier molecular flexibility index (Phi) is 4.85. The molecule has 1 aliphatic heterocycles. The third-order valence-corrected chi connectivity index (χ3v) is 7.12. The predicted octanol–water partition coefficient (Wildman–Crippen LogP) is 3.58. The monoisotopic (exact) mass is 395 g/mol. The van der Waals surface area contributed by atoms with Crippen molar-refractivity contribution in [2.24, 2.45) is 0 Å². The zero-order chi connectivity index (χ0) is 19.9. The van der Waals surface area contributed by atoms with Gasteiger partial charge in [-0.25, -0.2) is 13.1 Å². The molecule has 0 saturated heterocycles. The van der Waals surface area contributed by atoms with Gasteiger partial charge in [0.1, 0.15) is 0 Å². The summed E-state index contributed by atoms with van der Waals surface area (Å²) < 4.78 is 27.3. The summed E-state index contributed by atoms with van der Waals surface area (Å²) in [6.07, 6.45) is 1.61. The maximum atomic E-state index is 12.4. The molecular weight excluding hydrogens is 370 g/mol. The minimum Gasteiger partial charge on any atom is -0.366 e. The molecule has 1 aliphatic rings. The molecule has 0 fully saturated rings. The highest BCUT2D eigenvalue weighted by Gasteiger charge is 2.26. The summed E-state index contributed by atoms with van der Waals surface area (Å²) in [7, 11) is -1.99. The SMILES string of the molecule is CCc1c(C)nc2ccccc2c1N1CCc2c(cccc2S(=O)(=O)NC)C1. The first-order valence-corrected chi connectivity index (χ1v) is 11.1. The Bertz CT molecular complexity index is 1160. The van der Waals surface area contributed by atoms with Crippen LogP contribution in [0.4, 0.5) is 5.69 Å². The molecule has 2 aromatic carbocycles. The van der Waals surface area contributed by atoms with E-state index >= 15 is 0 Å². The van der Waals surface area contributed by atoms with Crippen molar-refractivity contribution in [1.82, 2.24) is 9.71 Å². The molecule has 0 atom stereocenters. The number of anilines is 1. The molecule has 5 nitrogen and oxygen atoms in total. The van der Waals surface area contributed by atoms with Crippen LogP contribution in [-0.2, 0) is 29.4 Å². The van der Waals surface area contributed by atoms with Crippen molar-refractivity contribution in [3.63, 3.8) is 0 Å². The average molecular weight is 396 g/mol. The molecule has 4 rings (SSSR count). The van der Waals surface area contributed by atoms with E-state index in [-0.39, 0.29) is 0 Å². The highest BCUT2D eigenvalue weighted by molar-refractivity contribution is 7.89. The summed E-state index contributed by atoms with van der Waals surface area (Å²) in [5.74, 6) is 0. The molecule has 0 unspecified atom stereocenters. The fourth-order valence-corrected chi connectivity index (χ4v) is 5.30. The Morgan fingerprint density at radius 3 is 2.68 bits per heavy atom. The number of para-hydroxylation sites is 1. The molecule has 0 radical (unpaired) electrons. The molecule has 0 aliphatic carbocycles. The van der Waals surface area contributed by atoms with Gasteiger partial charge in [0.25, 0.3) is 0 Å². The van der Waals surface area contributed by atoms with Gasteiger partial charge in [-0.1, -0.05) is 37.3 Å². The van der Waals surface area contributed by atoms with E-state index in [9.17, 15) is 8.42 Å². The van der Waals surface area contributed by atoms with E-state index in [1.54, 1.807) is 6.07 Å². The third kappa shape index (κ3) is 3.06. The number of nitrogens with zero attached hydrogens (tertiary/aromatic N) is 2. The lowest BCUT2D eigenvalue weighted by Gasteiger charge is -2.34. The Morgan fingerprint density at radius 1 is 1.14 bits per heavy atom. The molecule has 0 amide bonds. The van der Waals surface area contributed by atoms with Gasteiger partial charge in [0.15, 0.2) is 0 Å². The number of aryl methyl sites for hydroxylation is 1. The van der Waals surface area contributed by atoms with Crippen LogP contribution in [0.15, 0.2) is 47.4 Å². The van der Waals surface area contributed by atoms with Crippen LogP contribution in [0.2, 0.25) is 0 Å². The lowest BCUT2D eigenvalue weighted by atomic mass is 9.96. The number of benzene rings is 2. The fraction of sp³-hybridized carbons (Fsp3) is 0.318. The van der Waals surface area contributed by atoms with Crippen molar-refractivity contribution in [2.45, 2.75) is 38.1 Å². The van der Waals surface area contributed by atoms with Crippen LogP contribution in [0, 0.1) is 6.92 Å².